The van der Waals surface area contributed by atoms with Crippen LogP contribution in [0.25, 0.3) is 0 Å². The largest absolute Gasteiger partial charge is 0.462 e. The summed E-state index contributed by atoms with van der Waals surface area (Å²) in [6.45, 7) is 0.533. The highest BCUT2D eigenvalue weighted by Gasteiger charge is 2.69. The van der Waals surface area contributed by atoms with Gasteiger partial charge in [-0.1, -0.05) is 0 Å². The predicted octanol–water partition coefficient (Wildman–Crippen LogP) is 7.24. The number of hydrogen-bond acceptors (Lipinski definition) is 7. The molecule has 1 saturated heterocycles. The molecular formula is C39H54F2O7. The smallest absolute Gasteiger partial charge is 0.312 e. The second kappa shape index (κ2) is 10.6. The van der Waals surface area contributed by atoms with Crippen LogP contribution >= 0.6 is 0 Å². The summed E-state index contributed by atoms with van der Waals surface area (Å²) in [7, 11) is 0. The van der Waals surface area contributed by atoms with Crippen molar-refractivity contribution in [3.8, 4) is 0 Å². The molecule has 12 aliphatic carbocycles. The zero-order chi connectivity index (χ0) is 32.7. The molecular weight excluding hydrogens is 618 g/mol. The Labute approximate surface area is 283 Å². The fraction of sp³-hybridized carbons (Fsp3) is 0.949. The van der Waals surface area contributed by atoms with E-state index in [1.807, 2.05) is 0 Å². The van der Waals surface area contributed by atoms with E-state index < -0.39 is 36.1 Å². The van der Waals surface area contributed by atoms with Gasteiger partial charge in [0.05, 0.1) is 16.4 Å². The van der Waals surface area contributed by atoms with Gasteiger partial charge in [-0.05, 0) is 151 Å². The number of esters is 2. The number of rotatable bonds is 9. The maximum absolute atomic E-state index is 13.9. The Balaban J connectivity index is 0.873. The van der Waals surface area contributed by atoms with Gasteiger partial charge >= 0.3 is 11.9 Å². The molecule has 13 rings (SSSR count). The van der Waals surface area contributed by atoms with E-state index in [1.165, 1.54) is 38.5 Å². The molecule has 1 heterocycles. The Hall–Kier alpha value is -1.32. The molecule has 4 atom stereocenters. The highest BCUT2D eigenvalue weighted by atomic mass is 19.3. The summed E-state index contributed by atoms with van der Waals surface area (Å²) in [5, 5.41) is 0. The Morgan fingerprint density at radius 2 is 0.979 bits per heavy atom. The van der Waals surface area contributed by atoms with Crippen LogP contribution in [-0.2, 0) is 33.3 Å². The predicted molar refractivity (Wildman–Crippen MR) is 168 cm³/mol. The van der Waals surface area contributed by atoms with Crippen LogP contribution in [0.3, 0.4) is 0 Å². The van der Waals surface area contributed by atoms with E-state index in [4.69, 9.17) is 23.7 Å². The molecule has 13 aliphatic rings. The van der Waals surface area contributed by atoms with Gasteiger partial charge in [0.25, 0.3) is 5.92 Å². The van der Waals surface area contributed by atoms with Crippen LogP contribution < -0.4 is 0 Å². The van der Waals surface area contributed by atoms with Gasteiger partial charge in [0.2, 0.25) is 0 Å². The Morgan fingerprint density at radius 1 is 0.604 bits per heavy atom. The van der Waals surface area contributed by atoms with E-state index in [1.54, 1.807) is 0 Å². The maximum Gasteiger partial charge on any atom is 0.312 e. The number of halogens is 2. The van der Waals surface area contributed by atoms with Crippen molar-refractivity contribution in [2.24, 2.45) is 64.1 Å². The molecule has 0 N–H and O–H groups in total. The van der Waals surface area contributed by atoms with Gasteiger partial charge in [-0.25, -0.2) is 8.78 Å². The number of carbonyl (C=O) groups is 2. The molecule has 7 nitrogen and oxygen atoms in total. The summed E-state index contributed by atoms with van der Waals surface area (Å²) >= 11 is 0. The molecule has 13 fully saturated rings. The van der Waals surface area contributed by atoms with E-state index in [0.29, 0.717) is 54.3 Å². The van der Waals surface area contributed by atoms with E-state index in [2.05, 4.69) is 0 Å². The number of ether oxygens (including phenoxy) is 5. The van der Waals surface area contributed by atoms with Crippen molar-refractivity contribution in [2.45, 2.75) is 146 Å². The number of hydrogen-bond donors (Lipinski definition) is 0. The minimum absolute atomic E-state index is 0.000520. The molecule has 1 aliphatic heterocycles. The summed E-state index contributed by atoms with van der Waals surface area (Å²) in [4.78, 5) is 27.8. The van der Waals surface area contributed by atoms with Crippen LogP contribution in [0.2, 0.25) is 0 Å². The highest BCUT2D eigenvalue weighted by molar-refractivity contribution is 5.78. The van der Waals surface area contributed by atoms with Crippen molar-refractivity contribution in [3.63, 3.8) is 0 Å². The van der Waals surface area contributed by atoms with Gasteiger partial charge in [0.15, 0.2) is 5.79 Å². The summed E-state index contributed by atoms with van der Waals surface area (Å²) in [5.74, 6) is 0.333. The van der Waals surface area contributed by atoms with E-state index in [-0.39, 0.29) is 47.8 Å². The monoisotopic (exact) mass is 672 g/mol. The Kier molecular flexibility index (Phi) is 6.95. The van der Waals surface area contributed by atoms with E-state index >= 15 is 0 Å². The molecule has 0 amide bonds. The summed E-state index contributed by atoms with van der Waals surface area (Å²) in [6.07, 6.45) is 16.0. The van der Waals surface area contributed by atoms with Crippen molar-refractivity contribution in [1.82, 2.24) is 0 Å². The lowest BCUT2D eigenvalue weighted by Crippen LogP contribution is -2.65. The summed E-state index contributed by atoms with van der Waals surface area (Å²) in [5.41, 5.74) is -1.29. The summed E-state index contributed by atoms with van der Waals surface area (Å²) < 4.78 is 60.3. The zero-order valence-corrected chi connectivity index (χ0v) is 28.6. The molecule has 12 saturated carbocycles. The van der Waals surface area contributed by atoms with Crippen molar-refractivity contribution in [2.75, 3.05) is 19.8 Å². The average molecular weight is 673 g/mol. The second-order valence-corrected chi connectivity index (χ2v) is 19.5. The molecule has 266 valence electrons. The Morgan fingerprint density at radius 3 is 1.35 bits per heavy atom. The van der Waals surface area contributed by atoms with Gasteiger partial charge in [0, 0.05) is 18.8 Å². The van der Waals surface area contributed by atoms with E-state index in [0.717, 1.165) is 64.7 Å². The van der Waals surface area contributed by atoms with Crippen LogP contribution in [0.1, 0.15) is 116 Å². The van der Waals surface area contributed by atoms with Crippen molar-refractivity contribution in [1.29, 1.82) is 0 Å². The third-order valence-electron chi connectivity index (χ3n) is 15.7. The lowest BCUT2D eigenvalue weighted by atomic mass is 9.49. The highest BCUT2D eigenvalue weighted by Crippen LogP contribution is 2.65. The van der Waals surface area contributed by atoms with Crippen LogP contribution in [-0.4, -0.2) is 61.3 Å². The minimum Gasteiger partial charge on any atom is -0.462 e. The standard InChI is InChI=1S/C39H54F2O7/c1-35(40,41)21-46-38-16-28-8-29(17-38)39(30(9-28)18-38)47-31(19-44-33(42)36-10-22-2-23(11-36)4-24(3-22)12-36)32(48-39)20-45-34(43)37-13-25-5-26(14-37)7-27(6-25)15-37/h22-32H,2-21H2,1H3. The van der Waals surface area contributed by atoms with Crippen LogP contribution in [0.5, 0.6) is 0 Å². The first kappa shape index (κ1) is 31.4. The van der Waals surface area contributed by atoms with Crippen LogP contribution in [0.4, 0.5) is 8.78 Å². The first-order valence-corrected chi connectivity index (χ1v) is 19.6. The van der Waals surface area contributed by atoms with Crippen molar-refractivity contribution >= 4 is 11.9 Å². The molecule has 9 heteroatoms. The van der Waals surface area contributed by atoms with Crippen LogP contribution in [0, 0.1) is 64.1 Å². The van der Waals surface area contributed by atoms with Gasteiger partial charge in [-0.3, -0.25) is 9.59 Å². The Bertz CT molecular complexity index is 1180. The zero-order valence-electron chi connectivity index (χ0n) is 28.6. The molecule has 48 heavy (non-hydrogen) atoms. The first-order chi connectivity index (χ1) is 22.9. The second-order valence-electron chi connectivity index (χ2n) is 19.5. The molecule has 4 unspecified atom stereocenters. The van der Waals surface area contributed by atoms with Gasteiger partial charge in [0.1, 0.15) is 32.0 Å². The topological polar surface area (TPSA) is 80.3 Å². The normalized spacial score (nSPS) is 53.6. The first-order valence-electron chi connectivity index (χ1n) is 19.6. The van der Waals surface area contributed by atoms with Gasteiger partial charge in [-0.2, -0.15) is 0 Å². The molecule has 0 aromatic carbocycles. The quantitative estimate of drug-likeness (QED) is 0.239. The fourth-order valence-corrected chi connectivity index (χ4v) is 15.0. The molecule has 0 aromatic heterocycles. The van der Waals surface area contributed by atoms with E-state index in [9.17, 15) is 18.4 Å². The lowest BCUT2D eigenvalue weighted by Gasteiger charge is -2.62. The van der Waals surface area contributed by atoms with Crippen molar-refractivity contribution in [3.05, 3.63) is 0 Å². The fourth-order valence-electron chi connectivity index (χ4n) is 15.0. The SMILES string of the molecule is CC(F)(F)COC12CC3CC(C1)C1(OC(COC(=O)C45CC6CC(CC(C6)C4)C5)C(COC(=O)C45CC6CC(CC(C6)C4)C5)O1)C(C3)C2. The number of alkyl halides is 2. The minimum atomic E-state index is -2.88. The molecule has 0 aromatic rings. The third-order valence-corrected chi connectivity index (χ3v) is 15.7. The van der Waals surface area contributed by atoms with Gasteiger partial charge in [-0.15, -0.1) is 0 Å². The van der Waals surface area contributed by atoms with Gasteiger partial charge < -0.3 is 23.7 Å². The molecule has 1 spiro atoms. The number of carbonyl (C=O) groups excluding carboxylic acids is 2. The summed E-state index contributed by atoms with van der Waals surface area (Å²) in [6, 6.07) is 0. The molecule has 0 radical (unpaired) electrons. The average Bonchev–Trinajstić information content (AvgIpc) is 3.38. The van der Waals surface area contributed by atoms with Crippen molar-refractivity contribution < 1.29 is 42.1 Å². The lowest BCUT2D eigenvalue weighted by molar-refractivity contribution is -0.332. The molecule has 12 bridgehead atoms. The third kappa shape index (κ3) is 4.99. The van der Waals surface area contributed by atoms with Crippen LogP contribution in [0.15, 0.2) is 0 Å². The maximum atomic E-state index is 13.9.